The third-order valence-electron chi connectivity index (χ3n) is 3.71. The Hall–Kier alpha value is -1.03. The number of aromatic amines is 1. The Morgan fingerprint density at radius 2 is 1.94 bits per heavy atom. The van der Waals surface area contributed by atoms with Gasteiger partial charge in [0.2, 0.25) is 0 Å². The molecule has 2 rings (SSSR count). The van der Waals surface area contributed by atoms with Crippen LogP contribution in [0.15, 0.2) is 9.59 Å². The minimum absolute atomic E-state index is 0.0666. The van der Waals surface area contributed by atoms with Crippen LogP contribution in [0.4, 0.5) is 0 Å². The summed E-state index contributed by atoms with van der Waals surface area (Å²) in [6, 6.07) is 0. The van der Waals surface area contributed by atoms with Gasteiger partial charge < -0.3 is 0 Å². The predicted octanol–water partition coefficient (Wildman–Crippen LogP) is 2.08. The second-order valence-electron chi connectivity index (χ2n) is 5.28. The van der Waals surface area contributed by atoms with Crippen molar-refractivity contribution < 1.29 is 0 Å². The lowest BCUT2D eigenvalue weighted by atomic mass is 9.89. The van der Waals surface area contributed by atoms with Crippen molar-refractivity contribution in [2.24, 2.45) is 5.41 Å². The van der Waals surface area contributed by atoms with Crippen molar-refractivity contribution in [2.45, 2.75) is 46.1 Å². The summed E-state index contributed by atoms with van der Waals surface area (Å²) in [7, 11) is 0. The highest BCUT2D eigenvalue weighted by Gasteiger charge is 2.30. The van der Waals surface area contributed by atoms with Crippen LogP contribution >= 0.6 is 11.6 Å². The monoisotopic (exact) mass is 256 g/mol. The quantitative estimate of drug-likeness (QED) is 0.824. The number of nitrogens with one attached hydrogen (secondary N) is 1. The Morgan fingerprint density at radius 3 is 2.53 bits per heavy atom. The van der Waals surface area contributed by atoms with Gasteiger partial charge >= 0.3 is 5.69 Å². The van der Waals surface area contributed by atoms with E-state index in [0.29, 0.717) is 12.1 Å². The molecule has 94 valence electrons. The van der Waals surface area contributed by atoms with Gasteiger partial charge in [0.1, 0.15) is 5.15 Å². The molecule has 1 fully saturated rings. The predicted molar refractivity (Wildman–Crippen MR) is 67.6 cm³/mol. The minimum Gasteiger partial charge on any atom is -0.297 e. The Kier molecular flexibility index (Phi) is 3.17. The Morgan fingerprint density at radius 1 is 1.35 bits per heavy atom. The van der Waals surface area contributed by atoms with E-state index in [1.165, 1.54) is 17.4 Å². The standard InChI is InChI=1S/C12H17ClN2O2/c1-8-9(13)14-11(17)15(10(8)16)7-12(2)5-3-4-6-12/h3-7H2,1-2H3,(H,14,17). The maximum atomic E-state index is 12.0. The van der Waals surface area contributed by atoms with E-state index < -0.39 is 5.69 Å². The first-order chi connectivity index (χ1) is 7.93. The number of hydrogen-bond donors (Lipinski definition) is 1. The number of halogens is 1. The zero-order valence-corrected chi connectivity index (χ0v) is 10.9. The van der Waals surface area contributed by atoms with Crippen molar-refractivity contribution in [3.8, 4) is 0 Å². The van der Waals surface area contributed by atoms with Gasteiger partial charge in [-0.15, -0.1) is 0 Å². The number of H-pyrrole nitrogens is 1. The van der Waals surface area contributed by atoms with Crippen molar-refractivity contribution in [3.05, 3.63) is 31.6 Å². The smallest absolute Gasteiger partial charge is 0.297 e. The van der Waals surface area contributed by atoms with Gasteiger partial charge in [0.05, 0.1) is 0 Å². The van der Waals surface area contributed by atoms with Gasteiger partial charge in [0.15, 0.2) is 0 Å². The van der Waals surface area contributed by atoms with E-state index in [9.17, 15) is 9.59 Å². The molecule has 17 heavy (non-hydrogen) atoms. The first-order valence-electron chi connectivity index (χ1n) is 5.92. The lowest BCUT2D eigenvalue weighted by Crippen LogP contribution is -2.40. The fraction of sp³-hybridized carbons (Fsp3) is 0.667. The van der Waals surface area contributed by atoms with Crippen LogP contribution in [0.1, 0.15) is 38.2 Å². The van der Waals surface area contributed by atoms with Crippen molar-refractivity contribution in [1.29, 1.82) is 0 Å². The first kappa shape index (κ1) is 12.4. The van der Waals surface area contributed by atoms with Crippen molar-refractivity contribution in [1.82, 2.24) is 9.55 Å². The highest BCUT2D eigenvalue weighted by atomic mass is 35.5. The normalized spacial score (nSPS) is 18.5. The molecule has 1 N–H and O–H groups in total. The average molecular weight is 257 g/mol. The molecule has 1 heterocycles. The molecule has 1 aliphatic rings. The van der Waals surface area contributed by atoms with E-state index in [-0.39, 0.29) is 16.1 Å². The van der Waals surface area contributed by atoms with E-state index >= 15 is 0 Å². The molecule has 1 aromatic rings. The molecule has 0 bridgehead atoms. The zero-order chi connectivity index (χ0) is 12.6. The van der Waals surface area contributed by atoms with Gasteiger partial charge in [-0.1, -0.05) is 31.4 Å². The molecule has 0 radical (unpaired) electrons. The molecule has 0 unspecified atom stereocenters. The van der Waals surface area contributed by atoms with Crippen LogP contribution in [-0.2, 0) is 6.54 Å². The van der Waals surface area contributed by atoms with Crippen molar-refractivity contribution in [3.63, 3.8) is 0 Å². The molecule has 0 saturated heterocycles. The summed E-state index contributed by atoms with van der Waals surface area (Å²) in [5.74, 6) is 0. The van der Waals surface area contributed by atoms with Crippen LogP contribution in [0.2, 0.25) is 5.15 Å². The molecule has 0 spiro atoms. The third kappa shape index (κ3) is 2.32. The Balaban J connectivity index is 2.43. The van der Waals surface area contributed by atoms with Gasteiger partial charge in [0.25, 0.3) is 5.56 Å². The molecule has 1 aliphatic carbocycles. The molecule has 0 aromatic carbocycles. The summed E-state index contributed by atoms with van der Waals surface area (Å²) in [5, 5.41) is 0.146. The van der Waals surface area contributed by atoms with Gasteiger partial charge in [-0.25, -0.2) is 4.79 Å². The van der Waals surface area contributed by atoms with Crippen LogP contribution in [0.25, 0.3) is 0 Å². The van der Waals surface area contributed by atoms with E-state index in [1.807, 2.05) is 0 Å². The average Bonchev–Trinajstić information content (AvgIpc) is 2.69. The third-order valence-corrected chi connectivity index (χ3v) is 4.09. The van der Waals surface area contributed by atoms with Crippen LogP contribution in [0, 0.1) is 12.3 Å². The second-order valence-corrected chi connectivity index (χ2v) is 5.66. The number of hydrogen-bond acceptors (Lipinski definition) is 2. The number of nitrogens with zero attached hydrogens (tertiary/aromatic N) is 1. The molecular weight excluding hydrogens is 240 g/mol. The summed E-state index contributed by atoms with van der Waals surface area (Å²) in [6.07, 6.45) is 4.49. The molecule has 4 nitrogen and oxygen atoms in total. The molecule has 5 heteroatoms. The summed E-state index contributed by atoms with van der Waals surface area (Å²) in [4.78, 5) is 26.3. The van der Waals surface area contributed by atoms with Crippen LogP contribution in [0.5, 0.6) is 0 Å². The Labute approximate surface area is 105 Å². The van der Waals surface area contributed by atoms with Gasteiger partial charge in [0, 0.05) is 12.1 Å². The van der Waals surface area contributed by atoms with Gasteiger partial charge in [-0.3, -0.25) is 14.3 Å². The van der Waals surface area contributed by atoms with E-state index in [0.717, 1.165) is 12.8 Å². The number of aromatic nitrogens is 2. The highest BCUT2D eigenvalue weighted by molar-refractivity contribution is 6.30. The fourth-order valence-corrected chi connectivity index (χ4v) is 2.72. The lowest BCUT2D eigenvalue weighted by Gasteiger charge is -2.23. The molecule has 1 aromatic heterocycles. The van der Waals surface area contributed by atoms with Gasteiger partial charge in [-0.05, 0) is 25.2 Å². The first-order valence-corrected chi connectivity index (χ1v) is 6.30. The van der Waals surface area contributed by atoms with Crippen molar-refractivity contribution in [2.75, 3.05) is 0 Å². The molecule has 0 atom stereocenters. The lowest BCUT2D eigenvalue weighted by molar-refractivity contribution is 0.272. The molecule has 0 amide bonds. The summed E-state index contributed by atoms with van der Waals surface area (Å²) in [5.41, 5.74) is -0.199. The van der Waals surface area contributed by atoms with Crippen LogP contribution < -0.4 is 11.2 Å². The zero-order valence-electron chi connectivity index (χ0n) is 10.2. The van der Waals surface area contributed by atoms with E-state index in [2.05, 4.69) is 11.9 Å². The maximum Gasteiger partial charge on any atom is 0.329 e. The van der Waals surface area contributed by atoms with E-state index in [4.69, 9.17) is 11.6 Å². The van der Waals surface area contributed by atoms with Gasteiger partial charge in [-0.2, -0.15) is 0 Å². The molecular formula is C12H17ClN2O2. The summed E-state index contributed by atoms with van der Waals surface area (Å²) >= 11 is 5.77. The largest absolute Gasteiger partial charge is 0.329 e. The second kappa shape index (κ2) is 4.33. The van der Waals surface area contributed by atoms with Crippen molar-refractivity contribution >= 4 is 11.6 Å². The summed E-state index contributed by atoms with van der Waals surface area (Å²) in [6.45, 7) is 4.25. The minimum atomic E-state index is -0.404. The highest BCUT2D eigenvalue weighted by Crippen LogP contribution is 2.38. The van der Waals surface area contributed by atoms with Crippen LogP contribution in [0.3, 0.4) is 0 Å². The SMILES string of the molecule is Cc1c(Cl)[nH]c(=O)n(CC2(C)CCCC2)c1=O. The van der Waals surface area contributed by atoms with Crippen LogP contribution in [-0.4, -0.2) is 9.55 Å². The Bertz CT molecular complexity index is 538. The number of rotatable bonds is 2. The van der Waals surface area contributed by atoms with E-state index in [1.54, 1.807) is 6.92 Å². The molecule has 1 saturated carbocycles. The topological polar surface area (TPSA) is 54.9 Å². The fourth-order valence-electron chi connectivity index (χ4n) is 2.56. The summed E-state index contributed by atoms with van der Waals surface area (Å²) < 4.78 is 1.28. The maximum absolute atomic E-state index is 12.0. The molecule has 0 aliphatic heterocycles.